The molecule has 13 heavy (non-hydrogen) atoms. The quantitative estimate of drug-likeness (QED) is 0.591. The zero-order chi connectivity index (χ0) is 9.84. The maximum Gasteiger partial charge on any atom is 0.217 e. The lowest BCUT2D eigenvalue weighted by Crippen LogP contribution is -2.44. The van der Waals surface area contributed by atoms with Gasteiger partial charge in [-0.05, 0) is 14.1 Å². The molecular weight excluding hydrogens is 166 g/mol. The summed E-state index contributed by atoms with van der Waals surface area (Å²) < 4.78 is 0. The molecule has 0 aromatic heterocycles. The van der Waals surface area contributed by atoms with Crippen LogP contribution >= 0.6 is 0 Å². The summed E-state index contributed by atoms with van der Waals surface area (Å²) in [5.41, 5.74) is 0. The van der Waals surface area contributed by atoms with Crippen LogP contribution < -0.4 is 5.32 Å². The molecule has 1 amide bonds. The van der Waals surface area contributed by atoms with Gasteiger partial charge in [0.1, 0.15) is 0 Å². The first kappa shape index (κ1) is 10.5. The van der Waals surface area contributed by atoms with E-state index in [4.69, 9.17) is 0 Å². The van der Waals surface area contributed by atoms with Gasteiger partial charge >= 0.3 is 0 Å². The Bertz CT molecular complexity index is 172. The van der Waals surface area contributed by atoms with Crippen LogP contribution in [-0.2, 0) is 4.79 Å². The minimum absolute atomic E-state index is 0.0636. The van der Waals surface area contributed by atoms with Crippen molar-refractivity contribution < 1.29 is 4.79 Å². The van der Waals surface area contributed by atoms with Crippen molar-refractivity contribution in [2.24, 2.45) is 0 Å². The van der Waals surface area contributed by atoms with Gasteiger partial charge in [-0.3, -0.25) is 4.79 Å². The summed E-state index contributed by atoms with van der Waals surface area (Å²) in [6.45, 7) is 5.62. The van der Waals surface area contributed by atoms with E-state index in [1.807, 2.05) is 0 Å². The molecular formula is C9H19N3O. The molecule has 0 aromatic carbocycles. The molecule has 0 spiro atoms. The third kappa shape index (κ3) is 3.74. The van der Waals surface area contributed by atoms with Crippen LogP contribution in [-0.4, -0.2) is 62.0 Å². The number of likely N-dealkylation sites (N-methyl/N-ethyl adjacent to an activating group) is 2. The molecule has 1 saturated heterocycles. The number of nitrogens with zero attached hydrogens (tertiary/aromatic N) is 2. The summed E-state index contributed by atoms with van der Waals surface area (Å²) >= 11 is 0. The first-order valence-electron chi connectivity index (χ1n) is 4.72. The highest BCUT2D eigenvalue weighted by Gasteiger charge is 2.18. The maximum absolute atomic E-state index is 10.9. The van der Waals surface area contributed by atoms with Gasteiger partial charge in [0.15, 0.2) is 0 Å². The molecule has 0 bridgehead atoms. The van der Waals surface area contributed by atoms with Crippen LogP contribution in [0.15, 0.2) is 0 Å². The molecule has 1 aliphatic heterocycles. The number of rotatable bonds is 1. The fourth-order valence-corrected chi connectivity index (χ4v) is 1.71. The lowest BCUT2D eigenvalue weighted by molar-refractivity contribution is -0.119. The first-order valence-corrected chi connectivity index (χ1v) is 4.72. The second-order valence-corrected chi connectivity index (χ2v) is 3.92. The summed E-state index contributed by atoms with van der Waals surface area (Å²) in [6.07, 6.45) is 0. The second kappa shape index (κ2) is 4.58. The Kier molecular flexibility index (Phi) is 3.69. The third-order valence-electron chi connectivity index (χ3n) is 2.33. The van der Waals surface area contributed by atoms with E-state index in [9.17, 15) is 4.79 Å². The van der Waals surface area contributed by atoms with Crippen LogP contribution in [0.1, 0.15) is 6.92 Å². The van der Waals surface area contributed by atoms with E-state index in [0.717, 1.165) is 26.2 Å². The molecule has 4 heteroatoms. The predicted molar refractivity (Wildman–Crippen MR) is 52.6 cm³/mol. The van der Waals surface area contributed by atoms with Crippen LogP contribution in [0.2, 0.25) is 0 Å². The number of carbonyl (C=O) groups is 1. The van der Waals surface area contributed by atoms with Crippen molar-refractivity contribution in [2.45, 2.75) is 13.0 Å². The van der Waals surface area contributed by atoms with E-state index in [1.165, 1.54) is 0 Å². The van der Waals surface area contributed by atoms with Gasteiger partial charge < -0.3 is 15.1 Å². The monoisotopic (exact) mass is 185 g/mol. The lowest BCUT2D eigenvalue weighted by atomic mass is 10.2. The first-order chi connectivity index (χ1) is 6.08. The largest absolute Gasteiger partial charge is 0.351 e. The number of amides is 1. The summed E-state index contributed by atoms with van der Waals surface area (Å²) in [4.78, 5) is 15.4. The summed E-state index contributed by atoms with van der Waals surface area (Å²) in [6, 6.07) is 0.273. The second-order valence-electron chi connectivity index (χ2n) is 3.92. The van der Waals surface area contributed by atoms with Crippen LogP contribution in [0.4, 0.5) is 0 Å². The molecule has 0 atom stereocenters. The van der Waals surface area contributed by atoms with Crippen LogP contribution in [0, 0.1) is 0 Å². The SMILES string of the molecule is CC(=O)NC1CN(C)CCN(C)C1. The van der Waals surface area contributed by atoms with Gasteiger partial charge in [0, 0.05) is 33.1 Å². The highest BCUT2D eigenvalue weighted by Crippen LogP contribution is 1.99. The molecule has 1 aliphatic rings. The zero-order valence-electron chi connectivity index (χ0n) is 8.71. The Balaban J connectivity index is 2.46. The van der Waals surface area contributed by atoms with E-state index in [1.54, 1.807) is 6.92 Å². The number of hydrogen-bond acceptors (Lipinski definition) is 3. The third-order valence-corrected chi connectivity index (χ3v) is 2.33. The standard InChI is InChI=1S/C9H19N3O/c1-8(13)10-9-6-11(2)4-5-12(3)7-9/h9H,4-7H2,1-3H3,(H,10,13). The Labute approximate surface area is 79.9 Å². The van der Waals surface area contributed by atoms with Crippen LogP contribution in [0.5, 0.6) is 0 Å². The Morgan fingerprint density at radius 3 is 2.08 bits per heavy atom. The van der Waals surface area contributed by atoms with Crippen LogP contribution in [0.3, 0.4) is 0 Å². The summed E-state index contributed by atoms with van der Waals surface area (Å²) in [5.74, 6) is 0.0636. The van der Waals surface area contributed by atoms with Crippen molar-refractivity contribution in [3.05, 3.63) is 0 Å². The van der Waals surface area contributed by atoms with Gasteiger partial charge in [-0.15, -0.1) is 0 Å². The molecule has 0 unspecified atom stereocenters. The average molecular weight is 185 g/mol. The number of carbonyl (C=O) groups excluding carboxylic acids is 1. The number of nitrogens with one attached hydrogen (secondary N) is 1. The summed E-state index contributed by atoms with van der Waals surface area (Å²) in [7, 11) is 4.18. The fraction of sp³-hybridized carbons (Fsp3) is 0.889. The van der Waals surface area contributed by atoms with Crippen molar-refractivity contribution in [3.8, 4) is 0 Å². The average Bonchev–Trinajstić information content (AvgIpc) is 2.11. The minimum atomic E-state index is 0.0636. The van der Waals surface area contributed by atoms with E-state index in [-0.39, 0.29) is 11.9 Å². The van der Waals surface area contributed by atoms with E-state index in [2.05, 4.69) is 29.2 Å². The fourth-order valence-electron chi connectivity index (χ4n) is 1.71. The molecule has 1 rings (SSSR count). The van der Waals surface area contributed by atoms with Crippen molar-refractivity contribution in [2.75, 3.05) is 40.3 Å². The van der Waals surface area contributed by atoms with Gasteiger partial charge in [0.05, 0.1) is 6.04 Å². The molecule has 76 valence electrons. The number of hydrogen-bond donors (Lipinski definition) is 1. The van der Waals surface area contributed by atoms with E-state index >= 15 is 0 Å². The minimum Gasteiger partial charge on any atom is -0.351 e. The van der Waals surface area contributed by atoms with Crippen molar-refractivity contribution in [1.29, 1.82) is 0 Å². The zero-order valence-corrected chi connectivity index (χ0v) is 8.71. The highest BCUT2D eigenvalue weighted by atomic mass is 16.1. The smallest absolute Gasteiger partial charge is 0.217 e. The lowest BCUT2D eigenvalue weighted by Gasteiger charge is -2.21. The molecule has 1 N–H and O–H groups in total. The molecule has 0 radical (unpaired) electrons. The topological polar surface area (TPSA) is 35.6 Å². The van der Waals surface area contributed by atoms with Gasteiger partial charge in [-0.25, -0.2) is 0 Å². The van der Waals surface area contributed by atoms with Gasteiger partial charge in [-0.1, -0.05) is 0 Å². The van der Waals surface area contributed by atoms with Crippen molar-refractivity contribution in [1.82, 2.24) is 15.1 Å². The maximum atomic E-state index is 10.9. The van der Waals surface area contributed by atoms with Gasteiger partial charge in [0.25, 0.3) is 0 Å². The van der Waals surface area contributed by atoms with Crippen molar-refractivity contribution in [3.63, 3.8) is 0 Å². The molecule has 0 saturated carbocycles. The summed E-state index contributed by atoms with van der Waals surface area (Å²) in [5, 5.41) is 2.96. The van der Waals surface area contributed by atoms with E-state index in [0.29, 0.717) is 0 Å². The van der Waals surface area contributed by atoms with Gasteiger partial charge in [-0.2, -0.15) is 0 Å². The van der Waals surface area contributed by atoms with Crippen LogP contribution in [0.25, 0.3) is 0 Å². The molecule has 1 heterocycles. The highest BCUT2D eigenvalue weighted by molar-refractivity contribution is 5.73. The van der Waals surface area contributed by atoms with Crippen molar-refractivity contribution >= 4 is 5.91 Å². The van der Waals surface area contributed by atoms with E-state index < -0.39 is 0 Å². The molecule has 0 aliphatic carbocycles. The molecule has 4 nitrogen and oxygen atoms in total. The Morgan fingerprint density at radius 2 is 1.69 bits per heavy atom. The molecule has 1 fully saturated rings. The Hall–Kier alpha value is -0.610. The normalized spacial score (nSPS) is 22.7. The molecule has 0 aromatic rings. The Morgan fingerprint density at radius 1 is 1.23 bits per heavy atom. The van der Waals surface area contributed by atoms with Gasteiger partial charge in [0.2, 0.25) is 5.91 Å². The predicted octanol–water partition coefficient (Wildman–Crippen LogP) is -0.632.